The first-order valence-electron chi connectivity index (χ1n) is 9.39. The summed E-state index contributed by atoms with van der Waals surface area (Å²) in [6.45, 7) is 3.15. The molecule has 0 heterocycles. The number of halogens is 1. The van der Waals surface area contributed by atoms with Gasteiger partial charge in [-0.15, -0.1) is 0 Å². The normalized spacial score (nSPS) is 13.2. The Kier molecular flexibility index (Phi) is 6.39. The Labute approximate surface area is 173 Å². The molecule has 0 atom stereocenters. The Morgan fingerprint density at radius 3 is 2.54 bits per heavy atom. The zero-order valence-corrected chi connectivity index (χ0v) is 17.7. The molecule has 1 saturated carbocycles. The van der Waals surface area contributed by atoms with Gasteiger partial charge in [0.2, 0.25) is 5.91 Å². The van der Waals surface area contributed by atoms with Crippen LogP contribution in [0.15, 0.2) is 40.9 Å². The fraction of sp³-hybridized carbons (Fsp3) is 0.364. The lowest BCUT2D eigenvalue weighted by Crippen LogP contribution is -2.31. The fourth-order valence-electron chi connectivity index (χ4n) is 3.35. The van der Waals surface area contributed by atoms with Crippen molar-refractivity contribution in [1.29, 1.82) is 0 Å². The van der Waals surface area contributed by atoms with Gasteiger partial charge in [0.1, 0.15) is 5.75 Å². The molecule has 3 rings (SSSR count). The first-order valence-corrected chi connectivity index (χ1v) is 10.2. The third kappa shape index (κ3) is 4.73. The van der Waals surface area contributed by atoms with Crippen LogP contribution < -0.4 is 4.74 Å². The van der Waals surface area contributed by atoms with Gasteiger partial charge in [0.25, 0.3) is 0 Å². The number of benzene rings is 2. The predicted octanol–water partition coefficient (Wildman–Crippen LogP) is 4.51. The van der Waals surface area contributed by atoms with E-state index in [0.717, 1.165) is 34.0 Å². The summed E-state index contributed by atoms with van der Waals surface area (Å²) in [4.78, 5) is 25.6. The number of carboxylic acids is 1. The number of nitrogens with zero attached hydrogens (tertiary/aromatic N) is 1. The maximum absolute atomic E-state index is 12.6. The van der Waals surface area contributed by atoms with Crippen LogP contribution in [0.25, 0.3) is 11.1 Å². The summed E-state index contributed by atoms with van der Waals surface area (Å²) in [5, 5.41) is 9.13. The van der Waals surface area contributed by atoms with E-state index in [1.165, 1.54) is 0 Å². The van der Waals surface area contributed by atoms with E-state index >= 15 is 0 Å². The van der Waals surface area contributed by atoms with Gasteiger partial charge >= 0.3 is 5.97 Å². The minimum atomic E-state index is -0.876. The van der Waals surface area contributed by atoms with E-state index in [1.54, 1.807) is 19.2 Å². The van der Waals surface area contributed by atoms with Gasteiger partial charge in [0.15, 0.2) is 0 Å². The van der Waals surface area contributed by atoms with Crippen LogP contribution in [-0.2, 0) is 22.6 Å². The summed E-state index contributed by atoms with van der Waals surface area (Å²) >= 11 is 3.53. The van der Waals surface area contributed by atoms with Crippen molar-refractivity contribution < 1.29 is 19.4 Å². The first-order chi connectivity index (χ1) is 13.4. The number of carboxylic acid groups (broad SMARTS) is 1. The smallest absolute Gasteiger partial charge is 0.307 e. The molecule has 0 aromatic heterocycles. The maximum atomic E-state index is 12.6. The van der Waals surface area contributed by atoms with E-state index in [4.69, 9.17) is 9.84 Å². The van der Waals surface area contributed by atoms with Gasteiger partial charge in [-0.3, -0.25) is 9.59 Å². The lowest BCUT2D eigenvalue weighted by molar-refractivity contribution is -0.136. The molecule has 0 saturated heterocycles. The number of hydrogen-bond acceptors (Lipinski definition) is 3. The second-order valence-corrected chi connectivity index (χ2v) is 7.95. The number of ether oxygens (including phenoxy) is 1. The fourth-order valence-corrected chi connectivity index (χ4v) is 3.75. The van der Waals surface area contributed by atoms with E-state index in [9.17, 15) is 9.59 Å². The molecule has 1 aliphatic rings. The van der Waals surface area contributed by atoms with Gasteiger partial charge in [0, 0.05) is 29.0 Å². The van der Waals surface area contributed by atoms with Gasteiger partial charge in [-0.05, 0) is 60.7 Å². The van der Waals surface area contributed by atoms with Crippen LogP contribution in [0, 0.1) is 5.92 Å². The Hall–Kier alpha value is -2.34. The molecular weight excluding hydrogens is 422 g/mol. The quantitative estimate of drug-likeness (QED) is 0.648. The summed E-state index contributed by atoms with van der Waals surface area (Å²) < 4.78 is 6.46. The summed E-state index contributed by atoms with van der Waals surface area (Å²) in [6.07, 6.45) is 1.90. The summed E-state index contributed by atoms with van der Waals surface area (Å²) in [5.41, 5.74) is 3.47. The van der Waals surface area contributed by atoms with E-state index in [-0.39, 0.29) is 18.2 Å². The second kappa shape index (κ2) is 8.78. The van der Waals surface area contributed by atoms with Gasteiger partial charge in [-0.1, -0.05) is 28.1 Å². The van der Waals surface area contributed by atoms with Crippen molar-refractivity contribution in [3.8, 4) is 16.9 Å². The van der Waals surface area contributed by atoms with Crippen molar-refractivity contribution >= 4 is 27.8 Å². The van der Waals surface area contributed by atoms with Crippen LogP contribution in [0.5, 0.6) is 5.75 Å². The Morgan fingerprint density at radius 2 is 1.93 bits per heavy atom. The minimum Gasteiger partial charge on any atom is -0.496 e. The molecule has 1 aliphatic carbocycles. The number of carbonyl (C=O) groups excluding carboxylic acids is 1. The first kappa shape index (κ1) is 20.4. The molecule has 28 heavy (non-hydrogen) atoms. The highest BCUT2D eigenvalue weighted by atomic mass is 79.9. The van der Waals surface area contributed by atoms with Gasteiger partial charge in [-0.25, -0.2) is 0 Å². The highest BCUT2D eigenvalue weighted by Crippen LogP contribution is 2.36. The molecular formula is C22H24BrNO4. The molecule has 0 bridgehead atoms. The van der Waals surface area contributed by atoms with E-state index in [1.807, 2.05) is 36.1 Å². The lowest BCUT2D eigenvalue weighted by Gasteiger charge is -2.23. The number of rotatable bonds is 8. The standard InChI is InChI=1S/C22H24BrNO4/c1-3-24(22(27)15-5-6-15)13-16-12-17(23)7-8-18(16)19-10-14(11-21(25)26)4-9-20(19)28-2/h4,7-10,12,15H,3,5-6,11,13H2,1-2H3,(H,25,26). The molecule has 148 valence electrons. The van der Waals surface area contributed by atoms with E-state index in [0.29, 0.717) is 24.4 Å². The van der Waals surface area contributed by atoms with Crippen molar-refractivity contribution in [3.63, 3.8) is 0 Å². The van der Waals surface area contributed by atoms with Crippen molar-refractivity contribution in [1.82, 2.24) is 4.90 Å². The van der Waals surface area contributed by atoms with Crippen molar-refractivity contribution in [3.05, 3.63) is 52.0 Å². The van der Waals surface area contributed by atoms with Gasteiger partial charge < -0.3 is 14.7 Å². The number of carbonyl (C=O) groups is 2. The molecule has 1 amide bonds. The highest BCUT2D eigenvalue weighted by Gasteiger charge is 2.33. The Balaban J connectivity index is 2.02. The van der Waals surface area contributed by atoms with Crippen LogP contribution in [-0.4, -0.2) is 35.5 Å². The summed E-state index contributed by atoms with van der Waals surface area (Å²) in [6, 6.07) is 11.4. The van der Waals surface area contributed by atoms with Crippen molar-refractivity contribution in [2.75, 3.05) is 13.7 Å². The number of aliphatic carboxylic acids is 1. The van der Waals surface area contributed by atoms with Crippen LogP contribution in [0.4, 0.5) is 0 Å². The third-order valence-electron chi connectivity index (χ3n) is 4.96. The number of methoxy groups -OCH3 is 1. The SMILES string of the molecule is CCN(Cc1cc(Br)ccc1-c1cc(CC(=O)O)ccc1OC)C(=O)C1CC1. The van der Waals surface area contributed by atoms with Crippen LogP contribution >= 0.6 is 15.9 Å². The molecule has 0 spiro atoms. The largest absolute Gasteiger partial charge is 0.496 e. The summed E-state index contributed by atoms with van der Waals surface area (Å²) in [5.74, 6) is 0.178. The highest BCUT2D eigenvalue weighted by molar-refractivity contribution is 9.10. The zero-order valence-electron chi connectivity index (χ0n) is 16.1. The number of amides is 1. The molecule has 6 heteroatoms. The molecule has 2 aromatic rings. The predicted molar refractivity (Wildman–Crippen MR) is 111 cm³/mol. The van der Waals surface area contributed by atoms with Crippen molar-refractivity contribution in [2.45, 2.75) is 32.7 Å². The molecule has 2 aromatic carbocycles. The topological polar surface area (TPSA) is 66.8 Å². The van der Waals surface area contributed by atoms with Gasteiger partial charge in [-0.2, -0.15) is 0 Å². The van der Waals surface area contributed by atoms with Crippen LogP contribution in [0.1, 0.15) is 30.9 Å². The summed E-state index contributed by atoms with van der Waals surface area (Å²) in [7, 11) is 1.60. The van der Waals surface area contributed by atoms with Crippen LogP contribution in [0.3, 0.4) is 0 Å². The van der Waals surface area contributed by atoms with Crippen LogP contribution in [0.2, 0.25) is 0 Å². The molecule has 0 aliphatic heterocycles. The van der Waals surface area contributed by atoms with Gasteiger partial charge in [0.05, 0.1) is 13.5 Å². The monoisotopic (exact) mass is 445 g/mol. The second-order valence-electron chi connectivity index (χ2n) is 7.03. The molecule has 5 nitrogen and oxygen atoms in total. The minimum absolute atomic E-state index is 0.0515. The maximum Gasteiger partial charge on any atom is 0.307 e. The molecule has 0 radical (unpaired) electrons. The third-order valence-corrected chi connectivity index (χ3v) is 5.45. The number of hydrogen-bond donors (Lipinski definition) is 1. The molecule has 0 unspecified atom stereocenters. The zero-order chi connectivity index (χ0) is 20.3. The lowest BCUT2D eigenvalue weighted by atomic mass is 9.96. The average Bonchev–Trinajstić information content (AvgIpc) is 3.50. The van der Waals surface area contributed by atoms with E-state index < -0.39 is 5.97 Å². The molecule has 1 fully saturated rings. The molecule has 1 N–H and O–H groups in total. The Morgan fingerprint density at radius 1 is 1.18 bits per heavy atom. The average molecular weight is 446 g/mol. The Bertz CT molecular complexity index is 892. The van der Waals surface area contributed by atoms with E-state index in [2.05, 4.69) is 15.9 Å². The van der Waals surface area contributed by atoms with Crippen molar-refractivity contribution in [2.24, 2.45) is 5.92 Å².